The lowest BCUT2D eigenvalue weighted by molar-refractivity contribution is 0.102. The molecule has 2 N–H and O–H groups in total. The van der Waals surface area contributed by atoms with Gasteiger partial charge in [-0.3, -0.25) is 4.79 Å². The quantitative estimate of drug-likeness (QED) is 0.906. The molecular weight excluding hydrogens is 264 g/mol. The Morgan fingerprint density at radius 3 is 2.38 bits per heavy atom. The molecule has 0 spiro atoms. The van der Waals surface area contributed by atoms with Crippen LogP contribution < -0.4 is 15.5 Å². The molecule has 0 bridgehead atoms. The van der Waals surface area contributed by atoms with E-state index in [2.05, 4.69) is 15.6 Å². The zero-order valence-corrected chi connectivity index (χ0v) is 12.8. The Morgan fingerprint density at radius 1 is 1.14 bits per heavy atom. The summed E-state index contributed by atoms with van der Waals surface area (Å²) in [6.07, 6.45) is 0. The number of anilines is 3. The average Bonchev–Trinajstić information content (AvgIpc) is 2.47. The van der Waals surface area contributed by atoms with Gasteiger partial charge >= 0.3 is 0 Å². The van der Waals surface area contributed by atoms with Crippen LogP contribution in [0, 0.1) is 6.92 Å². The van der Waals surface area contributed by atoms with E-state index in [4.69, 9.17) is 0 Å². The van der Waals surface area contributed by atoms with Crippen molar-refractivity contribution in [1.29, 1.82) is 0 Å². The van der Waals surface area contributed by atoms with Crippen LogP contribution >= 0.6 is 0 Å². The summed E-state index contributed by atoms with van der Waals surface area (Å²) < 4.78 is 0. The molecule has 0 saturated carbocycles. The standard InChI is InChI=1S/C16H20N4O/c1-11-9-12(10-15(17-2)18-11)16(21)19-13-5-7-14(8-6-13)20(3)4/h5-10H,1-4H3,(H,17,18)(H,19,21). The highest BCUT2D eigenvalue weighted by atomic mass is 16.1. The van der Waals surface area contributed by atoms with E-state index in [9.17, 15) is 4.79 Å². The van der Waals surface area contributed by atoms with E-state index in [-0.39, 0.29) is 5.91 Å². The summed E-state index contributed by atoms with van der Waals surface area (Å²) in [6.45, 7) is 1.86. The van der Waals surface area contributed by atoms with Gasteiger partial charge in [-0.15, -0.1) is 0 Å². The monoisotopic (exact) mass is 284 g/mol. The van der Waals surface area contributed by atoms with Gasteiger partial charge < -0.3 is 15.5 Å². The van der Waals surface area contributed by atoms with Crippen molar-refractivity contribution in [3.05, 3.63) is 47.7 Å². The molecule has 21 heavy (non-hydrogen) atoms. The molecule has 2 aromatic rings. The summed E-state index contributed by atoms with van der Waals surface area (Å²) in [5.41, 5.74) is 3.25. The fraction of sp³-hybridized carbons (Fsp3) is 0.250. The maximum absolute atomic E-state index is 12.3. The number of aromatic nitrogens is 1. The molecule has 0 atom stereocenters. The Kier molecular flexibility index (Phi) is 4.42. The first-order valence-electron chi connectivity index (χ1n) is 6.75. The van der Waals surface area contributed by atoms with Crippen LogP contribution in [0.4, 0.5) is 17.2 Å². The highest BCUT2D eigenvalue weighted by molar-refractivity contribution is 6.04. The van der Waals surface area contributed by atoms with Gasteiger partial charge in [0.05, 0.1) is 0 Å². The summed E-state index contributed by atoms with van der Waals surface area (Å²) in [5.74, 6) is 0.540. The first-order chi connectivity index (χ1) is 9.99. The largest absolute Gasteiger partial charge is 0.378 e. The number of nitrogens with one attached hydrogen (secondary N) is 2. The molecule has 0 fully saturated rings. The predicted molar refractivity (Wildman–Crippen MR) is 87.2 cm³/mol. The minimum Gasteiger partial charge on any atom is -0.378 e. The van der Waals surface area contributed by atoms with Crippen molar-refractivity contribution < 1.29 is 4.79 Å². The SMILES string of the molecule is CNc1cc(C(=O)Nc2ccc(N(C)C)cc2)cc(C)n1. The number of benzene rings is 1. The molecule has 5 heteroatoms. The Bertz CT molecular complexity index is 635. The van der Waals surface area contributed by atoms with Crippen LogP contribution in [0.2, 0.25) is 0 Å². The Balaban J connectivity index is 2.15. The van der Waals surface area contributed by atoms with Gasteiger partial charge in [0.1, 0.15) is 5.82 Å². The van der Waals surface area contributed by atoms with Gasteiger partial charge in [-0.05, 0) is 43.3 Å². The summed E-state index contributed by atoms with van der Waals surface area (Å²) in [5, 5.41) is 5.84. The van der Waals surface area contributed by atoms with Gasteiger partial charge in [0.2, 0.25) is 0 Å². The number of amides is 1. The molecule has 1 aromatic heterocycles. The molecule has 0 aliphatic carbocycles. The van der Waals surface area contributed by atoms with Crippen molar-refractivity contribution in [2.75, 3.05) is 36.7 Å². The first kappa shape index (κ1) is 14.8. The zero-order chi connectivity index (χ0) is 15.4. The van der Waals surface area contributed by atoms with E-state index in [1.165, 1.54) is 0 Å². The Morgan fingerprint density at radius 2 is 1.81 bits per heavy atom. The third-order valence-electron chi connectivity index (χ3n) is 3.11. The molecule has 0 radical (unpaired) electrons. The van der Waals surface area contributed by atoms with Crippen LogP contribution in [0.5, 0.6) is 0 Å². The van der Waals surface area contributed by atoms with E-state index in [1.54, 1.807) is 19.2 Å². The molecule has 2 rings (SSSR count). The Hall–Kier alpha value is -2.56. The average molecular weight is 284 g/mol. The van der Waals surface area contributed by atoms with Crippen molar-refractivity contribution in [3.63, 3.8) is 0 Å². The maximum atomic E-state index is 12.3. The van der Waals surface area contributed by atoms with Crippen molar-refractivity contribution in [1.82, 2.24) is 4.98 Å². The van der Waals surface area contributed by atoms with Gasteiger partial charge in [-0.25, -0.2) is 4.98 Å². The molecule has 1 amide bonds. The van der Waals surface area contributed by atoms with Crippen LogP contribution in [-0.4, -0.2) is 32.0 Å². The number of hydrogen-bond acceptors (Lipinski definition) is 4. The summed E-state index contributed by atoms with van der Waals surface area (Å²) in [6, 6.07) is 11.2. The molecule has 0 saturated heterocycles. The number of rotatable bonds is 4. The molecule has 0 aliphatic heterocycles. The van der Waals surface area contributed by atoms with Gasteiger partial charge in [-0.1, -0.05) is 0 Å². The Labute approximate surface area is 125 Å². The number of pyridine rings is 1. The second kappa shape index (κ2) is 6.26. The summed E-state index contributed by atoms with van der Waals surface area (Å²) in [4.78, 5) is 18.6. The molecule has 0 aliphatic rings. The van der Waals surface area contributed by atoms with Crippen LogP contribution in [0.25, 0.3) is 0 Å². The highest BCUT2D eigenvalue weighted by Crippen LogP contribution is 2.17. The third kappa shape index (κ3) is 3.72. The van der Waals surface area contributed by atoms with Gasteiger partial charge in [0.15, 0.2) is 0 Å². The first-order valence-corrected chi connectivity index (χ1v) is 6.75. The van der Waals surface area contributed by atoms with Crippen LogP contribution in [0.3, 0.4) is 0 Å². The summed E-state index contributed by atoms with van der Waals surface area (Å²) in [7, 11) is 5.74. The lowest BCUT2D eigenvalue weighted by atomic mass is 10.2. The fourth-order valence-electron chi connectivity index (χ4n) is 1.97. The van der Waals surface area contributed by atoms with Crippen molar-refractivity contribution in [2.45, 2.75) is 6.92 Å². The van der Waals surface area contributed by atoms with E-state index >= 15 is 0 Å². The third-order valence-corrected chi connectivity index (χ3v) is 3.11. The van der Waals surface area contributed by atoms with E-state index in [1.807, 2.05) is 50.2 Å². The molecule has 110 valence electrons. The second-order valence-corrected chi connectivity index (χ2v) is 5.03. The lowest BCUT2D eigenvalue weighted by Gasteiger charge is -2.13. The smallest absolute Gasteiger partial charge is 0.255 e. The second-order valence-electron chi connectivity index (χ2n) is 5.03. The van der Waals surface area contributed by atoms with Crippen LogP contribution in [0.1, 0.15) is 16.1 Å². The molecule has 0 unspecified atom stereocenters. The maximum Gasteiger partial charge on any atom is 0.255 e. The predicted octanol–water partition coefficient (Wildman–Crippen LogP) is 2.75. The molecular formula is C16H20N4O. The minimum absolute atomic E-state index is 0.144. The summed E-state index contributed by atoms with van der Waals surface area (Å²) >= 11 is 0. The van der Waals surface area contributed by atoms with Gasteiger partial charge in [0.25, 0.3) is 5.91 Å². The van der Waals surface area contributed by atoms with E-state index < -0.39 is 0 Å². The lowest BCUT2D eigenvalue weighted by Crippen LogP contribution is -2.13. The number of hydrogen-bond donors (Lipinski definition) is 2. The van der Waals surface area contributed by atoms with Gasteiger partial charge in [-0.2, -0.15) is 0 Å². The number of aryl methyl sites for hydroxylation is 1. The van der Waals surface area contributed by atoms with Crippen LogP contribution in [0.15, 0.2) is 36.4 Å². The van der Waals surface area contributed by atoms with E-state index in [0.29, 0.717) is 11.4 Å². The molecule has 1 heterocycles. The van der Waals surface area contributed by atoms with Crippen molar-refractivity contribution >= 4 is 23.1 Å². The number of carbonyl (C=O) groups excluding carboxylic acids is 1. The van der Waals surface area contributed by atoms with E-state index in [0.717, 1.165) is 17.1 Å². The van der Waals surface area contributed by atoms with Gasteiger partial charge in [0, 0.05) is 43.8 Å². The van der Waals surface area contributed by atoms with Crippen LogP contribution in [-0.2, 0) is 0 Å². The topological polar surface area (TPSA) is 57.3 Å². The van der Waals surface area contributed by atoms with Crippen molar-refractivity contribution in [3.8, 4) is 0 Å². The normalized spacial score (nSPS) is 10.1. The molecule has 1 aromatic carbocycles. The highest BCUT2D eigenvalue weighted by Gasteiger charge is 2.09. The minimum atomic E-state index is -0.144. The fourth-order valence-corrected chi connectivity index (χ4v) is 1.97. The number of nitrogens with zero attached hydrogens (tertiary/aromatic N) is 2. The number of carbonyl (C=O) groups is 1. The zero-order valence-electron chi connectivity index (χ0n) is 12.8. The van der Waals surface area contributed by atoms with Crippen molar-refractivity contribution in [2.24, 2.45) is 0 Å². The molecule has 5 nitrogen and oxygen atoms in total.